The number of nitrogens with one attached hydrogen (secondary N) is 1. The SMILES string of the molecule is COC(=O)C(CNC(=O)OC(C)(C)C)c1cncc(OC)c1. The average Bonchev–Trinajstić information content (AvgIpc) is 2.45. The molecule has 122 valence electrons. The van der Waals surface area contributed by atoms with Crippen molar-refractivity contribution in [2.24, 2.45) is 0 Å². The number of pyridine rings is 1. The minimum Gasteiger partial charge on any atom is -0.495 e. The molecule has 1 heterocycles. The molecule has 0 aliphatic rings. The maximum atomic E-state index is 11.9. The van der Waals surface area contributed by atoms with Crippen LogP contribution in [0.1, 0.15) is 32.3 Å². The van der Waals surface area contributed by atoms with Crippen molar-refractivity contribution < 1.29 is 23.8 Å². The lowest BCUT2D eigenvalue weighted by Crippen LogP contribution is -2.36. The summed E-state index contributed by atoms with van der Waals surface area (Å²) >= 11 is 0. The minimum atomic E-state index is -0.694. The molecule has 1 aromatic rings. The summed E-state index contributed by atoms with van der Waals surface area (Å²) in [5, 5.41) is 2.56. The first-order chi connectivity index (χ1) is 10.3. The number of hydrogen-bond acceptors (Lipinski definition) is 6. The number of carbonyl (C=O) groups is 2. The predicted molar refractivity (Wildman–Crippen MR) is 79.8 cm³/mol. The van der Waals surface area contributed by atoms with E-state index < -0.39 is 23.6 Å². The van der Waals surface area contributed by atoms with Crippen molar-refractivity contribution in [1.82, 2.24) is 10.3 Å². The van der Waals surface area contributed by atoms with Gasteiger partial charge in [-0.2, -0.15) is 0 Å². The second-order valence-corrected chi connectivity index (χ2v) is 5.62. The van der Waals surface area contributed by atoms with E-state index in [2.05, 4.69) is 10.3 Å². The van der Waals surface area contributed by atoms with E-state index >= 15 is 0 Å². The normalized spacial score (nSPS) is 12.2. The van der Waals surface area contributed by atoms with Gasteiger partial charge in [0.15, 0.2) is 0 Å². The van der Waals surface area contributed by atoms with Crippen LogP contribution in [0.4, 0.5) is 4.79 Å². The summed E-state index contributed by atoms with van der Waals surface area (Å²) in [6, 6.07) is 1.67. The van der Waals surface area contributed by atoms with Gasteiger partial charge in [0.1, 0.15) is 17.3 Å². The first kappa shape index (κ1) is 17.7. The topological polar surface area (TPSA) is 86.8 Å². The monoisotopic (exact) mass is 310 g/mol. The van der Waals surface area contributed by atoms with E-state index in [1.807, 2.05) is 0 Å². The van der Waals surface area contributed by atoms with E-state index in [9.17, 15) is 9.59 Å². The summed E-state index contributed by atoms with van der Waals surface area (Å²) in [4.78, 5) is 27.6. The van der Waals surface area contributed by atoms with Gasteiger partial charge in [0.25, 0.3) is 0 Å². The first-order valence-corrected chi connectivity index (χ1v) is 6.80. The lowest BCUT2D eigenvalue weighted by molar-refractivity contribution is -0.142. The van der Waals surface area contributed by atoms with Crippen molar-refractivity contribution in [2.75, 3.05) is 20.8 Å². The lowest BCUT2D eigenvalue weighted by atomic mass is 10.0. The molecule has 0 spiro atoms. The number of rotatable bonds is 5. The number of methoxy groups -OCH3 is 2. The van der Waals surface area contributed by atoms with Gasteiger partial charge in [0, 0.05) is 12.7 Å². The van der Waals surface area contributed by atoms with Crippen LogP contribution in [0.3, 0.4) is 0 Å². The van der Waals surface area contributed by atoms with Crippen molar-refractivity contribution in [3.63, 3.8) is 0 Å². The maximum Gasteiger partial charge on any atom is 0.407 e. The van der Waals surface area contributed by atoms with Gasteiger partial charge >= 0.3 is 12.1 Å². The molecule has 0 saturated heterocycles. The molecule has 22 heavy (non-hydrogen) atoms. The average molecular weight is 310 g/mol. The molecule has 1 unspecified atom stereocenters. The molecular weight excluding hydrogens is 288 g/mol. The van der Waals surface area contributed by atoms with Crippen LogP contribution < -0.4 is 10.1 Å². The molecule has 1 amide bonds. The number of nitrogens with zero attached hydrogens (tertiary/aromatic N) is 1. The zero-order valence-corrected chi connectivity index (χ0v) is 13.5. The fourth-order valence-corrected chi connectivity index (χ4v) is 1.72. The van der Waals surface area contributed by atoms with Gasteiger partial charge in [-0.15, -0.1) is 0 Å². The number of ether oxygens (including phenoxy) is 3. The van der Waals surface area contributed by atoms with Gasteiger partial charge in [-0.05, 0) is 32.4 Å². The zero-order chi connectivity index (χ0) is 16.8. The van der Waals surface area contributed by atoms with E-state index in [4.69, 9.17) is 14.2 Å². The Hall–Kier alpha value is -2.31. The highest BCUT2D eigenvalue weighted by Gasteiger charge is 2.24. The van der Waals surface area contributed by atoms with Gasteiger partial charge in [-0.3, -0.25) is 9.78 Å². The lowest BCUT2D eigenvalue weighted by Gasteiger charge is -2.21. The summed E-state index contributed by atoms with van der Waals surface area (Å²) in [5.41, 5.74) is -0.0233. The molecule has 0 aliphatic heterocycles. The highest BCUT2D eigenvalue weighted by molar-refractivity contribution is 5.79. The number of carbonyl (C=O) groups excluding carboxylic acids is 2. The van der Waals surface area contributed by atoms with Crippen LogP contribution in [0.25, 0.3) is 0 Å². The van der Waals surface area contributed by atoms with Crippen LogP contribution in [-0.4, -0.2) is 43.4 Å². The molecule has 7 nitrogen and oxygen atoms in total. The molecule has 0 fully saturated rings. The van der Waals surface area contributed by atoms with Crippen molar-refractivity contribution in [1.29, 1.82) is 0 Å². The van der Waals surface area contributed by atoms with Crippen LogP contribution in [0, 0.1) is 0 Å². The van der Waals surface area contributed by atoms with Gasteiger partial charge in [-0.25, -0.2) is 4.79 Å². The third kappa shape index (κ3) is 5.59. The minimum absolute atomic E-state index is 0.0381. The predicted octanol–water partition coefficient (Wildman–Crippen LogP) is 1.87. The highest BCUT2D eigenvalue weighted by atomic mass is 16.6. The summed E-state index contributed by atoms with van der Waals surface area (Å²) in [6.45, 7) is 5.32. The Morgan fingerprint density at radius 3 is 2.50 bits per heavy atom. The van der Waals surface area contributed by atoms with E-state index in [1.165, 1.54) is 26.6 Å². The number of alkyl carbamates (subject to hydrolysis) is 1. The standard InChI is InChI=1S/C15H22N2O5/c1-15(2,3)22-14(19)17-9-12(13(18)21-5)10-6-11(20-4)8-16-7-10/h6-8,12H,9H2,1-5H3,(H,17,19). The Balaban J connectivity index is 2.81. The van der Waals surface area contributed by atoms with Crippen molar-refractivity contribution in [2.45, 2.75) is 32.3 Å². The summed E-state index contributed by atoms with van der Waals surface area (Å²) in [7, 11) is 2.79. The second-order valence-electron chi connectivity index (χ2n) is 5.62. The Bertz CT molecular complexity index is 525. The van der Waals surface area contributed by atoms with Crippen molar-refractivity contribution in [3.8, 4) is 5.75 Å². The zero-order valence-electron chi connectivity index (χ0n) is 13.5. The van der Waals surface area contributed by atoms with Gasteiger partial charge < -0.3 is 19.5 Å². The van der Waals surface area contributed by atoms with Crippen molar-refractivity contribution >= 4 is 12.1 Å². The molecule has 0 radical (unpaired) electrons. The number of aromatic nitrogens is 1. The molecule has 0 aromatic carbocycles. The fourth-order valence-electron chi connectivity index (χ4n) is 1.72. The van der Waals surface area contributed by atoms with E-state index in [0.29, 0.717) is 11.3 Å². The van der Waals surface area contributed by atoms with Crippen molar-refractivity contribution in [3.05, 3.63) is 24.0 Å². The van der Waals surface area contributed by atoms with Crippen LogP contribution in [0.15, 0.2) is 18.5 Å². The maximum absolute atomic E-state index is 11.9. The quantitative estimate of drug-likeness (QED) is 0.836. The molecule has 1 aromatic heterocycles. The highest BCUT2D eigenvalue weighted by Crippen LogP contribution is 2.20. The summed E-state index contributed by atoms with van der Waals surface area (Å²) in [5.74, 6) is -0.657. The molecule has 1 rings (SSSR count). The molecule has 1 N–H and O–H groups in total. The Morgan fingerprint density at radius 2 is 1.95 bits per heavy atom. The van der Waals surface area contributed by atoms with Crippen LogP contribution >= 0.6 is 0 Å². The first-order valence-electron chi connectivity index (χ1n) is 6.80. The van der Waals surface area contributed by atoms with E-state index in [0.717, 1.165) is 0 Å². The smallest absolute Gasteiger partial charge is 0.407 e. The number of amides is 1. The van der Waals surface area contributed by atoms with Crippen LogP contribution in [0.5, 0.6) is 5.75 Å². The summed E-state index contributed by atoms with van der Waals surface area (Å²) < 4.78 is 15.0. The Kier molecular flexibility index (Phi) is 6.15. The molecule has 0 bridgehead atoms. The molecule has 1 atom stereocenters. The largest absolute Gasteiger partial charge is 0.495 e. The molecule has 7 heteroatoms. The Morgan fingerprint density at radius 1 is 1.27 bits per heavy atom. The van der Waals surface area contributed by atoms with Gasteiger partial charge in [-0.1, -0.05) is 0 Å². The number of esters is 1. The van der Waals surface area contributed by atoms with Gasteiger partial charge in [0.2, 0.25) is 0 Å². The van der Waals surface area contributed by atoms with E-state index in [-0.39, 0.29) is 6.54 Å². The summed E-state index contributed by atoms with van der Waals surface area (Å²) in [6.07, 6.45) is 2.46. The second kappa shape index (κ2) is 7.63. The molecule has 0 saturated carbocycles. The van der Waals surface area contributed by atoms with Crippen LogP contribution in [0.2, 0.25) is 0 Å². The van der Waals surface area contributed by atoms with E-state index in [1.54, 1.807) is 26.8 Å². The fraction of sp³-hybridized carbons (Fsp3) is 0.533. The molecular formula is C15H22N2O5. The third-order valence-corrected chi connectivity index (χ3v) is 2.71. The number of hydrogen-bond donors (Lipinski definition) is 1. The Labute approximate surface area is 130 Å². The third-order valence-electron chi connectivity index (χ3n) is 2.71. The molecule has 0 aliphatic carbocycles. The van der Waals surface area contributed by atoms with Crippen LogP contribution in [-0.2, 0) is 14.3 Å². The van der Waals surface area contributed by atoms with Gasteiger partial charge in [0.05, 0.1) is 20.4 Å².